The molecule has 6 nitrogen and oxygen atoms in total. The quantitative estimate of drug-likeness (QED) is 0.449. The van der Waals surface area contributed by atoms with Crippen LogP contribution in [0.25, 0.3) is 0 Å². The molecule has 0 unspecified atom stereocenters. The summed E-state index contributed by atoms with van der Waals surface area (Å²) in [5, 5.41) is 0. The summed E-state index contributed by atoms with van der Waals surface area (Å²) in [7, 11) is 16.1. The van der Waals surface area contributed by atoms with Gasteiger partial charge in [0, 0.05) is 62.9 Å². The Labute approximate surface area is 151 Å². The Balaban J connectivity index is 0. The number of unbranched alkanes of at least 4 members (excludes halogenated alkanes) is 1. The van der Waals surface area contributed by atoms with Gasteiger partial charge in [-0.25, -0.2) is 4.99 Å². The van der Waals surface area contributed by atoms with E-state index in [0.29, 0.717) is 0 Å². The molecule has 0 saturated heterocycles. The second-order valence-corrected chi connectivity index (χ2v) is 7.70. The van der Waals surface area contributed by atoms with Gasteiger partial charge in [0.15, 0.2) is 11.9 Å². The van der Waals surface area contributed by atoms with E-state index >= 15 is 0 Å². The van der Waals surface area contributed by atoms with Gasteiger partial charge in [0.2, 0.25) is 0 Å². The minimum Gasteiger partial charge on any atom is -0.349 e. The average molecular weight is 343 g/mol. The van der Waals surface area contributed by atoms with Gasteiger partial charge < -0.3 is 19.6 Å². The molecule has 0 fully saturated rings. The zero-order chi connectivity index (χ0) is 19.5. The van der Waals surface area contributed by atoms with Crippen LogP contribution in [0.2, 0.25) is 0 Å². The lowest BCUT2D eigenvalue weighted by Gasteiger charge is -2.26. The highest BCUT2D eigenvalue weighted by atomic mass is 15.3. The van der Waals surface area contributed by atoms with E-state index in [1.54, 1.807) is 0 Å². The van der Waals surface area contributed by atoms with Gasteiger partial charge in [-0.15, -0.1) is 0 Å². The molecule has 0 rings (SSSR count). The maximum Gasteiger partial charge on any atom is 0.196 e. The van der Waals surface area contributed by atoms with Crippen molar-refractivity contribution in [2.75, 3.05) is 62.9 Å². The minimum absolute atomic E-state index is 0.0100. The monoisotopic (exact) mass is 342 g/mol. The molecule has 0 bridgehead atoms. The fourth-order valence-corrected chi connectivity index (χ4v) is 1.92. The van der Waals surface area contributed by atoms with Gasteiger partial charge >= 0.3 is 0 Å². The van der Waals surface area contributed by atoms with Crippen LogP contribution in [-0.2, 0) is 0 Å². The van der Waals surface area contributed by atoms with Gasteiger partial charge in [0.25, 0.3) is 0 Å². The highest BCUT2D eigenvalue weighted by molar-refractivity contribution is 5.79. The van der Waals surface area contributed by atoms with Gasteiger partial charge in [-0.3, -0.25) is 4.99 Å². The Hall–Kier alpha value is -1.46. The Bertz CT molecular complexity index is 355. The molecular weight excluding hydrogens is 300 g/mol. The lowest BCUT2D eigenvalue weighted by molar-refractivity contribution is 0.455. The highest BCUT2D eigenvalue weighted by Gasteiger charge is 2.12. The average Bonchev–Trinajstić information content (AvgIpc) is 2.39. The third-order valence-corrected chi connectivity index (χ3v) is 2.80. The second-order valence-electron chi connectivity index (χ2n) is 7.70. The van der Waals surface area contributed by atoms with E-state index in [4.69, 9.17) is 0 Å². The zero-order valence-corrected chi connectivity index (χ0v) is 18.3. The molecule has 0 aromatic carbocycles. The SMILES string of the molecule is CCCCN=C(N(C)C)N(C)C.CN(C)C(=NC(C)(C)C)N(C)C. The number of hydrogen-bond donors (Lipinski definition) is 0. The number of rotatable bonds is 3. The van der Waals surface area contributed by atoms with E-state index in [-0.39, 0.29) is 5.54 Å². The summed E-state index contributed by atoms with van der Waals surface area (Å²) in [4.78, 5) is 17.2. The van der Waals surface area contributed by atoms with E-state index < -0.39 is 0 Å². The third kappa shape index (κ3) is 13.0. The summed E-state index contributed by atoms with van der Waals surface area (Å²) in [6.45, 7) is 9.41. The van der Waals surface area contributed by atoms with Gasteiger partial charge in [0.1, 0.15) is 0 Å². The molecule has 0 spiro atoms. The summed E-state index contributed by atoms with van der Waals surface area (Å²) >= 11 is 0. The number of aliphatic imine (C=N–C) groups is 2. The van der Waals surface area contributed by atoms with Crippen molar-refractivity contribution in [1.29, 1.82) is 0 Å². The molecule has 0 atom stereocenters. The van der Waals surface area contributed by atoms with Crippen molar-refractivity contribution in [1.82, 2.24) is 19.6 Å². The predicted molar refractivity (Wildman–Crippen MR) is 109 cm³/mol. The van der Waals surface area contributed by atoms with Crippen molar-refractivity contribution in [3.8, 4) is 0 Å². The summed E-state index contributed by atoms with van der Waals surface area (Å²) in [6.07, 6.45) is 2.38. The van der Waals surface area contributed by atoms with E-state index in [9.17, 15) is 0 Å². The molecule has 0 aliphatic heterocycles. The Morgan fingerprint density at radius 2 is 1.08 bits per heavy atom. The van der Waals surface area contributed by atoms with Crippen LogP contribution in [0, 0.1) is 0 Å². The van der Waals surface area contributed by atoms with Crippen molar-refractivity contribution in [2.24, 2.45) is 9.98 Å². The van der Waals surface area contributed by atoms with Crippen molar-refractivity contribution < 1.29 is 0 Å². The van der Waals surface area contributed by atoms with Crippen LogP contribution < -0.4 is 0 Å². The Morgan fingerprint density at radius 3 is 1.29 bits per heavy atom. The van der Waals surface area contributed by atoms with Crippen LogP contribution in [-0.4, -0.2) is 100.0 Å². The zero-order valence-electron chi connectivity index (χ0n) is 18.3. The van der Waals surface area contributed by atoms with E-state index in [2.05, 4.69) is 37.7 Å². The molecular formula is C18H42N6. The van der Waals surface area contributed by atoms with Crippen LogP contribution in [0.1, 0.15) is 40.5 Å². The van der Waals surface area contributed by atoms with E-state index in [0.717, 1.165) is 18.5 Å². The largest absolute Gasteiger partial charge is 0.349 e. The van der Waals surface area contributed by atoms with Crippen LogP contribution in [0.3, 0.4) is 0 Å². The third-order valence-electron chi connectivity index (χ3n) is 2.80. The lowest BCUT2D eigenvalue weighted by Crippen LogP contribution is -2.37. The summed E-state index contributed by atoms with van der Waals surface area (Å²) < 4.78 is 0. The number of hydrogen-bond acceptors (Lipinski definition) is 2. The van der Waals surface area contributed by atoms with Crippen molar-refractivity contribution >= 4 is 11.9 Å². The van der Waals surface area contributed by atoms with Crippen molar-refractivity contribution in [3.63, 3.8) is 0 Å². The maximum atomic E-state index is 4.58. The van der Waals surface area contributed by atoms with Crippen molar-refractivity contribution in [3.05, 3.63) is 0 Å². The molecule has 0 aromatic heterocycles. The fourth-order valence-electron chi connectivity index (χ4n) is 1.92. The first kappa shape index (κ1) is 24.8. The smallest absolute Gasteiger partial charge is 0.196 e. The van der Waals surface area contributed by atoms with Gasteiger partial charge in [-0.2, -0.15) is 0 Å². The van der Waals surface area contributed by atoms with Crippen molar-refractivity contribution in [2.45, 2.75) is 46.1 Å². The number of nitrogens with zero attached hydrogens (tertiary/aromatic N) is 6. The van der Waals surface area contributed by atoms with Gasteiger partial charge in [-0.1, -0.05) is 13.3 Å². The first-order chi connectivity index (χ1) is 10.8. The lowest BCUT2D eigenvalue weighted by atomic mass is 10.1. The highest BCUT2D eigenvalue weighted by Crippen LogP contribution is 2.08. The minimum atomic E-state index is -0.0100. The van der Waals surface area contributed by atoms with E-state index in [1.807, 2.05) is 76.0 Å². The molecule has 0 heterocycles. The molecule has 0 amide bonds. The van der Waals surface area contributed by atoms with Crippen LogP contribution in [0.5, 0.6) is 0 Å². The van der Waals surface area contributed by atoms with Crippen LogP contribution in [0.15, 0.2) is 9.98 Å². The molecule has 0 radical (unpaired) electrons. The van der Waals surface area contributed by atoms with Crippen LogP contribution in [0.4, 0.5) is 0 Å². The molecule has 0 aromatic rings. The normalized spacial score (nSPS) is 10.2. The second kappa shape index (κ2) is 12.0. The predicted octanol–water partition coefficient (Wildman–Crippen LogP) is 2.53. The van der Waals surface area contributed by atoms with Gasteiger partial charge in [0.05, 0.1) is 5.54 Å². The number of guanidine groups is 2. The maximum absolute atomic E-state index is 4.58. The molecule has 0 saturated carbocycles. The molecule has 6 heteroatoms. The first-order valence-corrected chi connectivity index (χ1v) is 8.67. The topological polar surface area (TPSA) is 37.7 Å². The van der Waals surface area contributed by atoms with Crippen LogP contribution >= 0.6 is 0 Å². The molecule has 0 aliphatic carbocycles. The summed E-state index contributed by atoms with van der Waals surface area (Å²) in [5.74, 6) is 2.05. The summed E-state index contributed by atoms with van der Waals surface area (Å²) in [6, 6.07) is 0. The fraction of sp³-hybridized carbons (Fsp3) is 0.889. The summed E-state index contributed by atoms with van der Waals surface area (Å²) in [5.41, 5.74) is -0.0100. The molecule has 0 N–H and O–H groups in total. The molecule has 24 heavy (non-hydrogen) atoms. The molecule has 144 valence electrons. The Kier molecular flexibility index (Phi) is 12.4. The Morgan fingerprint density at radius 1 is 0.708 bits per heavy atom. The molecule has 0 aliphatic rings. The van der Waals surface area contributed by atoms with E-state index in [1.165, 1.54) is 12.8 Å². The first-order valence-electron chi connectivity index (χ1n) is 8.67. The van der Waals surface area contributed by atoms with Gasteiger partial charge in [-0.05, 0) is 27.2 Å². The standard InChI is InChI=1S/2C9H21N3/c1-9(2,3)10-8(11(4)5)12(6)7;1-6-7-8-10-9(11(2)3)12(4)5/h1-7H3;6-8H2,1-5H3.